The molecule has 18 heavy (non-hydrogen) atoms. The maximum absolute atomic E-state index is 11.3. The second kappa shape index (κ2) is 6.40. The lowest BCUT2D eigenvalue weighted by molar-refractivity contribution is -0.120. The van der Waals surface area contributed by atoms with Crippen LogP contribution in [-0.2, 0) is 4.79 Å². The summed E-state index contributed by atoms with van der Waals surface area (Å²) in [6, 6.07) is 5.93. The topological polar surface area (TPSA) is 64.3 Å². The van der Waals surface area contributed by atoms with Crippen molar-refractivity contribution >= 4 is 5.91 Å². The highest BCUT2D eigenvalue weighted by Gasteiger charge is 2.13. The van der Waals surface area contributed by atoms with Gasteiger partial charge in [-0.15, -0.1) is 0 Å². The fourth-order valence-corrected chi connectivity index (χ4v) is 1.86. The Morgan fingerprint density at radius 2 is 2.06 bits per heavy atom. The molecule has 0 heterocycles. The van der Waals surface area contributed by atoms with Crippen LogP contribution < -0.4 is 15.8 Å². The first-order chi connectivity index (χ1) is 8.49. The molecule has 4 nitrogen and oxygen atoms in total. The Morgan fingerprint density at radius 3 is 2.56 bits per heavy atom. The third-order valence-electron chi connectivity index (χ3n) is 2.94. The number of nitrogens with one attached hydrogen (secondary N) is 1. The molecule has 1 rings (SSSR count). The number of hydrogen-bond acceptors (Lipinski definition) is 3. The molecule has 0 spiro atoms. The van der Waals surface area contributed by atoms with Crippen LogP contribution in [0.15, 0.2) is 18.2 Å². The van der Waals surface area contributed by atoms with E-state index < -0.39 is 0 Å². The summed E-state index contributed by atoms with van der Waals surface area (Å²) in [6.07, 6.45) is 0. The van der Waals surface area contributed by atoms with Gasteiger partial charge in [0.05, 0.1) is 19.7 Å². The highest BCUT2D eigenvalue weighted by atomic mass is 16.5. The molecule has 0 saturated carbocycles. The Morgan fingerprint density at radius 1 is 1.39 bits per heavy atom. The van der Waals surface area contributed by atoms with Crippen LogP contribution >= 0.6 is 0 Å². The van der Waals surface area contributed by atoms with E-state index in [1.54, 1.807) is 7.11 Å². The van der Waals surface area contributed by atoms with Crippen molar-refractivity contribution in [3.63, 3.8) is 0 Å². The van der Waals surface area contributed by atoms with Crippen molar-refractivity contribution in [3.05, 3.63) is 29.3 Å². The lowest BCUT2D eigenvalue weighted by Crippen LogP contribution is -2.32. The third-order valence-corrected chi connectivity index (χ3v) is 2.94. The first-order valence-corrected chi connectivity index (χ1v) is 6.16. The molecule has 0 aromatic heterocycles. The van der Waals surface area contributed by atoms with Crippen LogP contribution in [-0.4, -0.2) is 19.6 Å². The Hall–Kier alpha value is -1.55. The highest BCUT2D eigenvalue weighted by molar-refractivity contribution is 5.78. The molecule has 0 aliphatic heterocycles. The quantitative estimate of drug-likeness (QED) is 0.839. The minimum absolute atomic E-state index is 0.0114. The first kappa shape index (κ1) is 14.5. The van der Waals surface area contributed by atoms with Crippen molar-refractivity contribution in [3.8, 4) is 5.75 Å². The van der Waals surface area contributed by atoms with Gasteiger partial charge in [0.25, 0.3) is 0 Å². The Balaban J connectivity index is 2.97. The standard InChI is InChI=1S/C14H22N2O2/c1-9(2)12-7-11(5-6-13(12)18-4)10(3)16-14(17)8-15/h5-7,9-10H,8,15H2,1-4H3,(H,16,17). The van der Waals surface area contributed by atoms with Crippen molar-refractivity contribution in [1.29, 1.82) is 0 Å². The average Bonchev–Trinajstić information content (AvgIpc) is 2.37. The molecule has 0 aliphatic rings. The van der Waals surface area contributed by atoms with Crippen molar-refractivity contribution < 1.29 is 9.53 Å². The monoisotopic (exact) mass is 250 g/mol. The molecule has 1 atom stereocenters. The minimum Gasteiger partial charge on any atom is -0.496 e. The van der Waals surface area contributed by atoms with Crippen molar-refractivity contribution in [2.75, 3.05) is 13.7 Å². The van der Waals surface area contributed by atoms with Gasteiger partial charge in [-0.05, 0) is 36.1 Å². The van der Waals surface area contributed by atoms with E-state index in [1.807, 2.05) is 19.1 Å². The van der Waals surface area contributed by atoms with Crippen LogP contribution in [0, 0.1) is 0 Å². The maximum atomic E-state index is 11.3. The fourth-order valence-electron chi connectivity index (χ4n) is 1.86. The Kier molecular flexibility index (Phi) is 5.16. The zero-order valence-corrected chi connectivity index (χ0v) is 11.5. The van der Waals surface area contributed by atoms with Crippen LogP contribution in [0.4, 0.5) is 0 Å². The molecule has 0 saturated heterocycles. The number of carbonyl (C=O) groups excluding carboxylic acids is 1. The summed E-state index contributed by atoms with van der Waals surface area (Å²) >= 11 is 0. The number of rotatable bonds is 5. The van der Waals surface area contributed by atoms with Crippen LogP contribution in [0.2, 0.25) is 0 Å². The van der Waals surface area contributed by atoms with Crippen LogP contribution in [0.1, 0.15) is 43.9 Å². The normalized spacial score (nSPS) is 12.3. The largest absolute Gasteiger partial charge is 0.496 e. The van der Waals surface area contributed by atoms with Crippen molar-refractivity contribution in [1.82, 2.24) is 5.32 Å². The summed E-state index contributed by atoms with van der Waals surface area (Å²) in [4.78, 5) is 11.3. The molecule has 4 heteroatoms. The summed E-state index contributed by atoms with van der Waals surface area (Å²) in [5.41, 5.74) is 7.49. The number of amides is 1. The molecule has 0 radical (unpaired) electrons. The van der Waals surface area contributed by atoms with Gasteiger partial charge in [0.2, 0.25) is 5.91 Å². The Bertz CT molecular complexity index is 416. The molecule has 1 aromatic rings. The lowest BCUT2D eigenvalue weighted by Gasteiger charge is -2.18. The van der Waals surface area contributed by atoms with Gasteiger partial charge in [-0.25, -0.2) is 0 Å². The van der Waals surface area contributed by atoms with E-state index in [1.165, 1.54) is 0 Å². The molecule has 0 aliphatic carbocycles. The van der Waals surface area contributed by atoms with Crippen LogP contribution in [0.5, 0.6) is 5.75 Å². The van der Waals surface area contributed by atoms with E-state index in [4.69, 9.17) is 10.5 Å². The van der Waals surface area contributed by atoms with Gasteiger partial charge in [0.1, 0.15) is 5.75 Å². The third kappa shape index (κ3) is 3.47. The van der Waals surface area contributed by atoms with Crippen molar-refractivity contribution in [2.45, 2.75) is 32.7 Å². The van der Waals surface area contributed by atoms with Gasteiger partial charge >= 0.3 is 0 Å². The van der Waals surface area contributed by atoms with E-state index in [0.717, 1.165) is 16.9 Å². The van der Waals surface area contributed by atoms with E-state index in [-0.39, 0.29) is 18.5 Å². The molecule has 3 N–H and O–H groups in total. The molecular weight excluding hydrogens is 228 g/mol. The minimum atomic E-state index is -0.149. The molecule has 0 bridgehead atoms. The number of methoxy groups -OCH3 is 1. The average molecular weight is 250 g/mol. The summed E-state index contributed by atoms with van der Waals surface area (Å²) in [6.45, 7) is 6.19. The lowest BCUT2D eigenvalue weighted by atomic mass is 9.97. The van der Waals surface area contributed by atoms with Crippen LogP contribution in [0.3, 0.4) is 0 Å². The van der Waals surface area contributed by atoms with Gasteiger partial charge in [0.15, 0.2) is 0 Å². The second-order valence-corrected chi connectivity index (χ2v) is 4.65. The smallest absolute Gasteiger partial charge is 0.234 e. The fraction of sp³-hybridized carbons (Fsp3) is 0.500. The van der Waals surface area contributed by atoms with E-state index in [9.17, 15) is 4.79 Å². The van der Waals surface area contributed by atoms with Gasteiger partial charge in [-0.3, -0.25) is 4.79 Å². The van der Waals surface area contributed by atoms with E-state index >= 15 is 0 Å². The first-order valence-electron chi connectivity index (χ1n) is 6.16. The van der Waals surface area contributed by atoms with Crippen molar-refractivity contribution in [2.24, 2.45) is 5.73 Å². The molecular formula is C14H22N2O2. The predicted molar refractivity (Wildman–Crippen MR) is 72.7 cm³/mol. The number of carbonyl (C=O) groups is 1. The van der Waals surface area contributed by atoms with Gasteiger partial charge < -0.3 is 15.8 Å². The number of hydrogen-bond donors (Lipinski definition) is 2. The SMILES string of the molecule is COc1ccc(C(C)NC(=O)CN)cc1C(C)C. The number of ether oxygens (including phenoxy) is 1. The van der Waals surface area contributed by atoms with Gasteiger partial charge in [0, 0.05) is 0 Å². The predicted octanol–water partition coefficient (Wildman–Crippen LogP) is 1.95. The summed E-state index contributed by atoms with van der Waals surface area (Å²) < 4.78 is 5.34. The van der Waals surface area contributed by atoms with E-state index in [0.29, 0.717) is 5.92 Å². The molecule has 1 unspecified atom stereocenters. The zero-order valence-electron chi connectivity index (χ0n) is 11.5. The second-order valence-electron chi connectivity index (χ2n) is 4.65. The zero-order chi connectivity index (χ0) is 13.7. The summed E-state index contributed by atoms with van der Waals surface area (Å²) in [7, 11) is 1.67. The van der Waals surface area contributed by atoms with E-state index in [2.05, 4.69) is 25.2 Å². The maximum Gasteiger partial charge on any atom is 0.234 e. The summed E-state index contributed by atoms with van der Waals surface area (Å²) in [5, 5.41) is 2.84. The Labute approximate surface area is 109 Å². The number of nitrogens with two attached hydrogens (primary N) is 1. The molecule has 0 fully saturated rings. The molecule has 100 valence electrons. The highest BCUT2D eigenvalue weighted by Crippen LogP contribution is 2.29. The summed E-state index contributed by atoms with van der Waals surface area (Å²) in [5.74, 6) is 1.10. The van der Waals surface area contributed by atoms with Crippen LogP contribution in [0.25, 0.3) is 0 Å². The van der Waals surface area contributed by atoms with Gasteiger partial charge in [-0.1, -0.05) is 19.9 Å². The molecule has 1 amide bonds. The number of benzene rings is 1. The molecule has 1 aromatic carbocycles. The van der Waals surface area contributed by atoms with Gasteiger partial charge in [-0.2, -0.15) is 0 Å².